The lowest BCUT2D eigenvalue weighted by molar-refractivity contribution is 0.302. The van der Waals surface area contributed by atoms with Crippen LogP contribution in [0.2, 0.25) is 0 Å². The maximum Gasteiger partial charge on any atom is 0.201 e. The number of hydrogen-bond donors (Lipinski definition) is 0. The Hall–Kier alpha value is -3.15. The van der Waals surface area contributed by atoms with Crippen molar-refractivity contribution in [2.75, 3.05) is 13.7 Å². The molecule has 0 aromatic heterocycles. The molecule has 3 nitrogen and oxygen atoms in total. The van der Waals surface area contributed by atoms with Gasteiger partial charge in [-0.2, -0.15) is 4.39 Å². The van der Waals surface area contributed by atoms with Crippen molar-refractivity contribution in [2.24, 2.45) is 0 Å². The van der Waals surface area contributed by atoms with Gasteiger partial charge < -0.3 is 14.2 Å². The van der Waals surface area contributed by atoms with Crippen molar-refractivity contribution in [2.45, 2.75) is 13.5 Å². The summed E-state index contributed by atoms with van der Waals surface area (Å²) < 4.78 is 57.5. The van der Waals surface area contributed by atoms with E-state index in [9.17, 15) is 13.2 Å². The van der Waals surface area contributed by atoms with Gasteiger partial charge >= 0.3 is 0 Å². The van der Waals surface area contributed by atoms with Gasteiger partial charge in [-0.05, 0) is 42.3 Å². The minimum Gasteiger partial charge on any atom is -0.494 e. The van der Waals surface area contributed by atoms with Crippen LogP contribution >= 0.6 is 0 Å². The van der Waals surface area contributed by atoms with Gasteiger partial charge in [0.1, 0.15) is 12.4 Å². The van der Waals surface area contributed by atoms with Gasteiger partial charge in [0.05, 0.1) is 13.7 Å². The SMILES string of the molecule is CCOc1ccc(-c2ccc(COc3ccc(OC)c(F)c3)cc2)c(F)c1F. The molecule has 0 atom stereocenters. The first kappa shape index (κ1) is 19.6. The molecular weight excluding hydrogens is 369 g/mol. The zero-order valence-corrected chi connectivity index (χ0v) is 15.5. The van der Waals surface area contributed by atoms with Crippen LogP contribution in [0.5, 0.6) is 17.2 Å². The van der Waals surface area contributed by atoms with Crippen LogP contribution in [0.4, 0.5) is 13.2 Å². The van der Waals surface area contributed by atoms with Gasteiger partial charge in [0, 0.05) is 11.6 Å². The molecule has 28 heavy (non-hydrogen) atoms. The maximum absolute atomic E-state index is 14.3. The second-order valence-corrected chi connectivity index (χ2v) is 5.95. The van der Waals surface area contributed by atoms with Crippen molar-refractivity contribution in [3.8, 4) is 28.4 Å². The minimum absolute atomic E-state index is 0.111. The van der Waals surface area contributed by atoms with Gasteiger partial charge in [0.2, 0.25) is 5.82 Å². The quantitative estimate of drug-likeness (QED) is 0.515. The fourth-order valence-electron chi connectivity index (χ4n) is 2.71. The Morgan fingerprint density at radius 2 is 1.50 bits per heavy atom. The first-order valence-electron chi connectivity index (χ1n) is 8.70. The molecule has 6 heteroatoms. The molecule has 0 heterocycles. The molecule has 0 aliphatic heterocycles. The van der Waals surface area contributed by atoms with E-state index in [1.807, 2.05) is 0 Å². The monoisotopic (exact) mass is 388 g/mol. The van der Waals surface area contributed by atoms with Crippen LogP contribution in [0.25, 0.3) is 11.1 Å². The molecule has 0 saturated carbocycles. The van der Waals surface area contributed by atoms with E-state index < -0.39 is 17.5 Å². The summed E-state index contributed by atoms with van der Waals surface area (Å²) in [7, 11) is 1.39. The second-order valence-electron chi connectivity index (χ2n) is 5.95. The average Bonchev–Trinajstić information content (AvgIpc) is 2.71. The first-order valence-corrected chi connectivity index (χ1v) is 8.70. The summed E-state index contributed by atoms with van der Waals surface area (Å²) in [4.78, 5) is 0. The first-order chi connectivity index (χ1) is 13.5. The van der Waals surface area contributed by atoms with Crippen molar-refractivity contribution in [3.63, 3.8) is 0 Å². The van der Waals surface area contributed by atoms with Crippen molar-refractivity contribution >= 4 is 0 Å². The molecule has 0 radical (unpaired) electrons. The molecule has 146 valence electrons. The molecule has 3 aromatic carbocycles. The molecule has 0 aliphatic rings. The van der Waals surface area contributed by atoms with E-state index in [4.69, 9.17) is 14.2 Å². The Morgan fingerprint density at radius 3 is 2.14 bits per heavy atom. The molecule has 0 aliphatic carbocycles. The highest BCUT2D eigenvalue weighted by Gasteiger charge is 2.15. The van der Waals surface area contributed by atoms with Gasteiger partial charge in [-0.3, -0.25) is 0 Å². The topological polar surface area (TPSA) is 27.7 Å². The largest absolute Gasteiger partial charge is 0.494 e. The van der Waals surface area contributed by atoms with Crippen LogP contribution < -0.4 is 14.2 Å². The predicted molar refractivity (Wildman–Crippen MR) is 100 cm³/mol. The summed E-state index contributed by atoms with van der Waals surface area (Å²) in [6.07, 6.45) is 0. The van der Waals surface area contributed by atoms with Gasteiger partial charge in [-0.15, -0.1) is 0 Å². The summed E-state index contributed by atoms with van der Waals surface area (Å²) in [5.41, 5.74) is 1.47. The van der Waals surface area contributed by atoms with Crippen molar-refractivity contribution in [3.05, 3.63) is 77.6 Å². The third kappa shape index (κ3) is 4.22. The molecule has 3 aromatic rings. The van der Waals surface area contributed by atoms with E-state index in [2.05, 4.69) is 0 Å². The molecule has 0 spiro atoms. The summed E-state index contributed by atoms with van der Waals surface area (Å²) in [5.74, 6) is -2.08. The van der Waals surface area contributed by atoms with Crippen LogP contribution in [-0.2, 0) is 6.61 Å². The molecule has 0 bridgehead atoms. The predicted octanol–water partition coefficient (Wildman–Crippen LogP) is 5.76. The Kier molecular flexibility index (Phi) is 6.09. The highest BCUT2D eigenvalue weighted by atomic mass is 19.2. The molecule has 0 N–H and O–H groups in total. The Labute approximate surface area is 161 Å². The second kappa shape index (κ2) is 8.69. The lowest BCUT2D eigenvalue weighted by Gasteiger charge is -2.11. The summed E-state index contributed by atoms with van der Waals surface area (Å²) in [5, 5.41) is 0. The van der Waals surface area contributed by atoms with Crippen molar-refractivity contribution in [1.82, 2.24) is 0 Å². The highest BCUT2D eigenvalue weighted by molar-refractivity contribution is 5.65. The summed E-state index contributed by atoms with van der Waals surface area (Å²) in [6, 6.07) is 14.0. The van der Waals surface area contributed by atoms with Crippen LogP contribution in [0.1, 0.15) is 12.5 Å². The van der Waals surface area contributed by atoms with E-state index in [1.54, 1.807) is 37.3 Å². The lowest BCUT2D eigenvalue weighted by atomic mass is 10.0. The minimum atomic E-state index is -1.01. The van der Waals surface area contributed by atoms with Gasteiger partial charge in [0.25, 0.3) is 0 Å². The Balaban J connectivity index is 1.72. The molecule has 0 saturated heterocycles. The fraction of sp³-hybridized carbons (Fsp3) is 0.182. The number of hydrogen-bond acceptors (Lipinski definition) is 3. The van der Waals surface area contributed by atoms with Crippen LogP contribution in [0, 0.1) is 17.5 Å². The van der Waals surface area contributed by atoms with E-state index in [0.29, 0.717) is 11.3 Å². The number of halogens is 3. The third-order valence-electron chi connectivity index (χ3n) is 4.14. The van der Waals surface area contributed by atoms with Crippen molar-refractivity contribution in [1.29, 1.82) is 0 Å². The van der Waals surface area contributed by atoms with E-state index in [-0.39, 0.29) is 30.3 Å². The lowest BCUT2D eigenvalue weighted by Crippen LogP contribution is -1.99. The fourth-order valence-corrected chi connectivity index (χ4v) is 2.71. The highest BCUT2D eigenvalue weighted by Crippen LogP contribution is 2.30. The van der Waals surface area contributed by atoms with E-state index >= 15 is 0 Å². The normalized spacial score (nSPS) is 10.6. The third-order valence-corrected chi connectivity index (χ3v) is 4.14. The standard InChI is InChI=1S/C22H19F3O3/c1-3-27-20-11-9-17(21(24)22(20)25)15-6-4-14(5-7-15)13-28-16-8-10-19(26-2)18(23)12-16/h4-12H,3,13H2,1-2H3. The maximum atomic E-state index is 14.3. The number of rotatable bonds is 7. The van der Waals surface area contributed by atoms with Crippen LogP contribution in [0.15, 0.2) is 54.6 Å². The summed E-state index contributed by atoms with van der Waals surface area (Å²) >= 11 is 0. The molecule has 0 fully saturated rings. The van der Waals surface area contributed by atoms with Crippen LogP contribution in [0.3, 0.4) is 0 Å². The molecular formula is C22H19F3O3. The zero-order chi connectivity index (χ0) is 20.1. The van der Waals surface area contributed by atoms with E-state index in [1.165, 1.54) is 31.4 Å². The van der Waals surface area contributed by atoms with Crippen LogP contribution in [-0.4, -0.2) is 13.7 Å². The van der Waals surface area contributed by atoms with E-state index in [0.717, 1.165) is 5.56 Å². The number of benzene rings is 3. The van der Waals surface area contributed by atoms with Gasteiger partial charge in [0.15, 0.2) is 23.1 Å². The number of ether oxygens (including phenoxy) is 3. The molecule has 3 rings (SSSR count). The summed E-state index contributed by atoms with van der Waals surface area (Å²) in [6.45, 7) is 2.15. The van der Waals surface area contributed by atoms with Crippen molar-refractivity contribution < 1.29 is 27.4 Å². The van der Waals surface area contributed by atoms with Gasteiger partial charge in [-0.25, -0.2) is 8.78 Å². The zero-order valence-electron chi connectivity index (χ0n) is 15.5. The Morgan fingerprint density at radius 1 is 0.786 bits per heavy atom. The number of methoxy groups -OCH3 is 1. The smallest absolute Gasteiger partial charge is 0.201 e. The molecule has 0 amide bonds. The Bertz CT molecular complexity index is 956. The van der Waals surface area contributed by atoms with Gasteiger partial charge in [-0.1, -0.05) is 24.3 Å². The average molecular weight is 388 g/mol. The molecule has 0 unspecified atom stereocenters.